The minimum absolute atomic E-state index is 0.0119. The first-order chi connectivity index (χ1) is 14.3. The predicted octanol–water partition coefficient (Wildman–Crippen LogP) is 4.34. The van der Waals surface area contributed by atoms with Crippen molar-refractivity contribution in [1.82, 2.24) is 0 Å². The summed E-state index contributed by atoms with van der Waals surface area (Å²) in [7, 11) is 0. The molecule has 0 heterocycles. The molecule has 0 bridgehead atoms. The Bertz CT molecular complexity index is 907. The normalized spacial score (nSPS) is 24.8. The van der Waals surface area contributed by atoms with Gasteiger partial charge in [0.15, 0.2) is 5.78 Å². The van der Waals surface area contributed by atoms with Crippen LogP contribution in [0.5, 0.6) is 0 Å². The SMILES string of the molecule is C=CCC1=C(C)C(OC(=O)[C@@H]2[C@H](/C=C\C(=O)OCc3ccccc3)C2(C)C)CC1=O. The van der Waals surface area contributed by atoms with Gasteiger partial charge in [-0.05, 0) is 35.8 Å². The van der Waals surface area contributed by atoms with Crippen LogP contribution in [-0.4, -0.2) is 23.8 Å². The molecule has 1 saturated carbocycles. The molecule has 0 aliphatic heterocycles. The van der Waals surface area contributed by atoms with Gasteiger partial charge in [0.1, 0.15) is 12.7 Å². The Hall–Kier alpha value is -2.95. The van der Waals surface area contributed by atoms with Crippen LogP contribution in [0.1, 0.15) is 39.2 Å². The van der Waals surface area contributed by atoms with Crippen LogP contribution >= 0.6 is 0 Å². The maximum atomic E-state index is 12.7. The van der Waals surface area contributed by atoms with E-state index in [1.54, 1.807) is 12.2 Å². The summed E-state index contributed by atoms with van der Waals surface area (Å²) < 4.78 is 10.9. The van der Waals surface area contributed by atoms with Gasteiger partial charge in [0.25, 0.3) is 0 Å². The monoisotopic (exact) mass is 408 g/mol. The molecule has 2 aliphatic rings. The van der Waals surface area contributed by atoms with Gasteiger partial charge in [-0.1, -0.05) is 56.3 Å². The van der Waals surface area contributed by atoms with Gasteiger partial charge in [0.05, 0.1) is 12.3 Å². The number of carbonyl (C=O) groups is 3. The largest absolute Gasteiger partial charge is 0.458 e. The van der Waals surface area contributed by atoms with Crippen molar-refractivity contribution in [1.29, 1.82) is 0 Å². The number of ketones is 1. The Kier molecular flexibility index (Phi) is 6.40. The topological polar surface area (TPSA) is 69.7 Å². The predicted molar refractivity (Wildman–Crippen MR) is 113 cm³/mol. The Morgan fingerprint density at radius 1 is 1.23 bits per heavy atom. The molecule has 0 saturated heterocycles. The molecule has 3 rings (SSSR count). The van der Waals surface area contributed by atoms with Gasteiger partial charge in [-0.3, -0.25) is 9.59 Å². The van der Waals surface area contributed by atoms with E-state index in [2.05, 4.69) is 6.58 Å². The molecule has 0 spiro atoms. The average molecular weight is 408 g/mol. The van der Waals surface area contributed by atoms with E-state index in [1.165, 1.54) is 6.08 Å². The summed E-state index contributed by atoms with van der Waals surface area (Å²) in [6.45, 7) is 9.65. The second-order valence-electron chi connectivity index (χ2n) is 8.48. The zero-order valence-electron chi connectivity index (χ0n) is 17.7. The van der Waals surface area contributed by atoms with Gasteiger partial charge in [0.2, 0.25) is 0 Å². The van der Waals surface area contributed by atoms with Crippen molar-refractivity contribution in [3.8, 4) is 0 Å². The lowest BCUT2D eigenvalue weighted by molar-refractivity contribution is -0.150. The molecule has 3 atom stereocenters. The number of Topliss-reactive ketones (excluding diaryl/α,β-unsaturated/α-hetero) is 1. The highest BCUT2D eigenvalue weighted by atomic mass is 16.5. The number of rotatable bonds is 8. The average Bonchev–Trinajstić information content (AvgIpc) is 3.18. The third-order valence-corrected chi connectivity index (χ3v) is 6.10. The summed E-state index contributed by atoms with van der Waals surface area (Å²) >= 11 is 0. The van der Waals surface area contributed by atoms with Crippen molar-refractivity contribution in [2.24, 2.45) is 17.3 Å². The zero-order valence-corrected chi connectivity index (χ0v) is 17.7. The molecule has 1 unspecified atom stereocenters. The van der Waals surface area contributed by atoms with Crippen LogP contribution in [0.2, 0.25) is 0 Å². The summed E-state index contributed by atoms with van der Waals surface area (Å²) in [6.07, 6.45) is 4.98. The fourth-order valence-electron chi connectivity index (χ4n) is 4.07. The second-order valence-corrected chi connectivity index (χ2v) is 8.48. The molecule has 5 heteroatoms. The second kappa shape index (κ2) is 8.82. The van der Waals surface area contributed by atoms with Crippen LogP contribution < -0.4 is 0 Å². The lowest BCUT2D eigenvalue weighted by Gasteiger charge is -2.13. The van der Waals surface area contributed by atoms with Gasteiger partial charge in [-0.15, -0.1) is 6.58 Å². The highest BCUT2D eigenvalue weighted by molar-refractivity contribution is 6.00. The molecule has 2 aliphatic carbocycles. The summed E-state index contributed by atoms with van der Waals surface area (Å²) in [5.41, 5.74) is 2.11. The third kappa shape index (κ3) is 4.61. The molecular formula is C25H28O5. The van der Waals surface area contributed by atoms with Gasteiger partial charge in [-0.25, -0.2) is 4.79 Å². The van der Waals surface area contributed by atoms with Gasteiger partial charge < -0.3 is 9.47 Å². The highest BCUT2D eigenvalue weighted by Crippen LogP contribution is 2.59. The van der Waals surface area contributed by atoms with E-state index < -0.39 is 12.1 Å². The molecule has 1 aromatic rings. The molecular weight excluding hydrogens is 380 g/mol. The van der Waals surface area contributed by atoms with Crippen LogP contribution in [0.3, 0.4) is 0 Å². The number of carbonyl (C=O) groups excluding carboxylic acids is 3. The molecule has 1 fully saturated rings. The minimum atomic E-state index is -0.503. The number of allylic oxidation sites excluding steroid dienone is 3. The number of benzene rings is 1. The van der Waals surface area contributed by atoms with E-state index in [9.17, 15) is 14.4 Å². The summed E-state index contributed by atoms with van der Waals surface area (Å²) in [6, 6.07) is 9.45. The van der Waals surface area contributed by atoms with Crippen molar-refractivity contribution in [2.75, 3.05) is 0 Å². The van der Waals surface area contributed by atoms with E-state index in [1.807, 2.05) is 51.1 Å². The van der Waals surface area contributed by atoms with Gasteiger partial charge in [-0.2, -0.15) is 0 Å². The molecule has 0 N–H and O–H groups in total. The van der Waals surface area contributed by atoms with Crippen LogP contribution in [-0.2, 0) is 30.5 Å². The maximum absolute atomic E-state index is 12.7. The van der Waals surface area contributed by atoms with Crippen molar-refractivity contribution in [3.05, 3.63) is 71.8 Å². The third-order valence-electron chi connectivity index (χ3n) is 6.10. The summed E-state index contributed by atoms with van der Waals surface area (Å²) in [5.74, 6) is -1.21. The quantitative estimate of drug-likeness (QED) is 0.364. The Balaban J connectivity index is 1.55. The minimum Gasteiger partial charge on any atom is -0.458 e. The zero-order chi connectivity index (χ0) is 21.9. The fourth-order valence-corrected chi connectivity index (χ4v) is 4.07. The van der Waals surface area contributed by atoms with Crippen LogP contribution in [0, 0.1) is 17.3 Å². The van der Waals surface area contributed by atoms with E-state index >= 15 is 0 Å². The van der Waals surface area contributed by atoms with E-state index in [0.717, 1.165) is 11.1 Å². The molecule has 0 amide bonds. The number of esters is 2. The van der Waals surface area contributed by atoms with E-state index in [-0.39, 0.29) is 42.0 Å². The van der Waals surface area contributed by atoms with Crippen LogP contribution in [0.15, 0.2) is 66.3 Å². The lowest BCUT2D eigenvalue weighted by Crippen LogP contribution is -2.20. The van der Waals surface area contributed by atoms with Gasteiger partial charge >= 0.3 is 11.9 Å². The standard InChI is InChI=1S/C25H28O5/c1-5-9-18-16(2)21(14-20(18)26)30-24(28)23-19(25(23,3)4)12-13-22(27)29-15-17-10-7-6-8-11-17/h5-8,10-13,19,21,23H,1,9,14-15H2,2-4H3/b13-12-/t19-,21?,23-/m0/s1. The smallest absolute Gasteiger partial charge is 0.330 e. The fraction of sp³-hybridized carbons (Fsp3) is 0.400. The maximum Gasteiger partial charge on any atom is 0.330 e. The number of hydrogen-bond acceptors (Lipinski definition) is 5. The molecule has 0 radical (unpaired) electrons. The molecule has 5 nitrogen and oxygen atoms in total. The highest BCUT2D eigenvalue weighted by Gasteiger charge is 2.61. The molecule has 30 heavy (non-hydrogen) atoms. The Morgan fingerprint density at radius 2 is 1.93 bits per heavy atom. The molecule has 158 valence electrons. The Morgan fingerprint density at radius 3 is 2.60 bits per heavy atom. The van der Waals surface area contributed by atoms with E-state index in [0.29, 0.717) is 12.0 Å². The summed E-state index contributed by atoms with van der Waals surface area (Å²) in [4.78, 5) is 36.9. The molecule has 1 aromatic carbocycles. The van der Waals surface area contributed by atoms with Crippen molar-refractivity contribution in [2.45, 2.75) is 46.3 Å². The first kappa shape index (κ1) is 21.8. The van der Waals surface area contributed by atoms with Crippen LogP contribution in [0.25, 0.3) is 0 Å². The number of hydrogen-bond donors (Lipinski definition) is 0. The summed E-state index contributed by atoms with van der Waals surface area (Å²) in [5, 5.41) is 0. The lowest BCUT2D eigenvalue weighted by atomic mass is 10.1. The van der Waals surface area contributed by atoms with Gasteiger partial charge in [0, 0.05) is 11.6 Å². The van der Waals surface area contributed by atoms with Crippen molar-refractivity contribution < 1.29 is 23.9 Å². The Labute approximate surface area is 177 Å². The van der Waals surface area contributed by atoms with Crippen molar-refractivity contribution in [3.63, 3.8) is 0 Å². The molecule has 0 aromatic heterocycles. The van der Waals surface area contributed by atoms with Crippen LogP contribution in [0.4, 0.5) is 0 Å². The number of ether oxygens (including phenoxy) is 2. The van der Waals surface area contributed by atoms with Crippen molar-refractivity contribution >= 4 is 17.7 Å². The first-order valence-corrected chi connectivity index (χ1v) is 10.2. The first-order valence-electron chi connectivity index (χ1n) is 10.2. The van der Waals surface area contributed by atoms with E-state index in [4.69, 9.17) is 9.47 Å².